The number of nitrogens with zero attached hydrogens (tertiary/aromatic N) is 5. The summed E-state index contributed by atoms with van der Waals surface area (Å²) in [6.45, 7) is 0. The maximum absolute atomic E-state index is 5.55. The number of hydrogen-bond acceptors (Lipinski definition) is 3. The molecule has 0 N–H and O–H groups in total. The molecule has 3 aromatic heterocycles. The summed E-state index contributed by atoms with van der Waals surface area (Å²) >= 11 is 0. The summed E-state index contributed by atoms with van der Waals surface area (Å²) in [4.78, 5) is 16.2. The van der Waals surface area contributed by atoms with Gasteiger partial charge in [-0.1, -0.05) is 140 Å². The van der Waals surface area contributed by atoms with Crippen LogP contribution < -0.4 is 0 Å². The van der Waals surface area contributed by atoms with Gasteiger partial charge in [0.25, 0.3) is 0 Å². The zero-order chi connectivity index (χ0) is 31.6. The Morgan fingerprint density at radius 3 is 1.73 bits per heavy atom. The van der Waals surface area contributed by atoms with Gasteiger partial charge in [0.05, 0.1) is 27.8 Å². The monoisotopic (exact) mass is 613 g/mol. The zero-order valence-corrected chi connectivity index (χ0v) is 25.8. The van der Waals surface area contributed by atoms with Gasteiger partial charge in [-0.15, -0.1) is 0 Å². The minimum Gasteiger partial charge on any atom is -0.292 e. The molecule has 0 saturated carbocycles. The molecule has 0 atom stereocenters. The molecule has 0 aliphatic carbocycles. The van der Waals surface area contributed by atoms with Crippen LogP contribution in [0.1, 0.15) is 0 Å². The van der Waals surface area contributed by atoms with E-state index in [0.717, 1.165) is 82.8 Å². The standard InChI is InChI=1S/C43H27N5/c1-4-16-28(17-5-1)38-33-24-12-14-26-35(33)44-43(46-38)48-36-27-15-13-25-34(36)37-31-22-10-11-23-32(31)40-39(41(37)48)45-42(29-18-6-2-7-19-29)47(40)30-20-8-3-9-21-30/h1-27H. The van der Waals surface area contributed by atoms with Gasteiger partial charge < -0.3 is 0 Å². The van der Waals surface area contributed by atoms with E-state index in [9.17, 15) is 0 Å². The van der Waals surface area contributed by atoms with E-state index in [2.05, 4.69) is 155 Å². The van der Waals surface area contributed by atoms with Crippen molar-refractivity contribution in [3.05, 3.63) is 164 Å². The van der Waals surface area contributed by atoms with Crippen LogP contribution in [0.3, 0.4) is 0 Å². The highest BCUT2D eigenvalue weighted by Crippen LogP contribution is 2.44. The molecule has 48 heavy (non-hydrogen) atoms. The fraction of sp³-hybridized carbons (Fsp3) is 0. The second-order valence-electron chi connectivity index (χ2n) is 12.0. The van der Waals surface area contributed by atoms with E-state index in [1.54, 1.807) is 0 Å². The third-order valence-electron chi connectivity index (χ3n) is 9.31. The molecule has 10 rings (SSSR count). The summed E-state index contributed by atoms with van der Waals surface area (Å²) in [5.74, 6) is 1.50. The first-order valence-electron chi connectivity index (χ1n) is 16.1. The highest BCUT2D eigenvalue weighted by atomic mass is 15.2. The third-order valence-corrected chi connectivity index (χ3v) is 9.31. The first kappa shape index (κ1) is 26.6. The lowest BCUT2D eigenvalue weighted by atomic mass is 10.0. The number of hydrogen-bond donors (Lipinski definition) is 0. The number of imidazole rings is 1. The van der Waals surface area contributed by atoms with Crippen LogP contribution in [-0.2, 0) is 0 Å². The van der Waals surface area contributed by atoms with E-state index < -0.39 is 0 Å². The van der Waals surface area contributed by atoms with Crippen molar-refractivity contribution in [2.24, 2.45) is 0 Å². The lowest BCUT2D eigenvalue weighted by Gasteiger charge is -2.13. The first-order valence-corrected chi connectivity index (χ1v) is 16.1. The number of para-hydroxylation sites is 3. The molecular weight excluding hydrogens is 587 g/mol. The Bertz CT molecular complexity index is 2820. The summed E-state index contributed by atoms with van der Waals surface area (Å²) in [7, 11) is 0. The number of rotatable bonds is 4. The quantitative estimate of drug-likeness (QED) is 0.198. The van der Waals surface area contributed by atoms with Crippen LogP contribution in [0.15, 0.2) is 164 Å². The molecule has 0 spiro atoms. The average molecular weight is 614 g/mol. The normalized spacial score (nSPS) is 11.8. The van der Waals surface area contributed by atoms with E-state index in [0.29, 0.717) is 5.95 Å². The Balaban J connectivity index is 1.44. The van der Waals surface area contributed by atoms with Crippen LogP contribution >= 0.6 is 0 Å². The fourth-order valence-electron chi connectivity index (χ4n) is 7.28. The molecule has 0 aliphatic heterocycles. The van der Waals surface area contributed by atoms with Crippen LogP contribution in [0, 0.1) is 0 Å². The van der Waals surface area contributed by atoms with Crippen molar-refractivity contribution in [2.75, 3.05) is 0 Å². The maximum Gasteiger partial charge on any atom is 0.235 e. The third kappa shape index (κ3) is 3.88. The fourth-order valence-corrected chi connectivity index (χ4v) is 7.28. The number of aromatic nitrogens is 5. The molecular formula is C43H27N5. The molecule has 10 aromatic rings. The molecule has 0 radical (unpaired) electrons. The lowest BCUT2D eigenvalue weighted by molar-refractivity contribution is 1.02. The molecule has 5 nitrogen and oxygen atoms in total. The largest absolute Gasteiger partial charge is 0.292 e. The lowest BCUT2D eigenvalue weighted by Crippen LogP contribution is -2.04. The topological polar surface area (TPSA) is 48.5 Å². The Morgan fingerprint density at radius 2 is 0.979 bits per heavy atom. The molecule has 0 unspecified atom stereocenters. The summed E-state index contributed by atoms with van der Waals surface area (Å²) in [5.41, 5.74) is 8.93. The second kappa shape index (κ2) is 10.5. The van der Waals surface area contributed by atoms with Gasteiger partial charge in [0.1, 0.15) is 11.3 Å². The molecule has 0 fully saturated rings. The zero-order valence-electron chi connectivity index (χ0n) is 25.8. The molecule has 7 aromatic carbocycles. The smallest absolute Gasteiger partial charge is 0.235 e. The van der Waals surface area contributed by atoms with Crippen molar-refractivity contribution in [1.82, 2.24) is 24.1 Å². The minimum absolute atomic E-state index is 0.617. The molecule has 224 valence electrons. The highest BCUT2D eigenvalue weighted by molar-refractivity contribution is 6.31. The van der Waals surface area contributed by atoms with Gasteiger partial charge in [-0.3, -0.25) is 9.13 Å². The van der Waals surface area contributed by atoms with Gasteiger partial charge in [0, 0.05) is 38.4 Å². The van der Waals surface area contributed by atoms with Crippen LogP contribution in [0.4, 0.5) is 0 Å². The average Bonchev–Trinajstić information content (AvgIpc) is 3.73. The van der Waals surface area contributed by atoms with Gasteiger partial charge >= 0.3 is 0 Å². The summed E-state index contributed by atoms with van der Waals surface area (Å²) in [6, 6.07) is 56.9. The van der Waals surface area contributed by atoms with Crippen molar-refractivity contribution in [3.63, 3.8) is 0 Å². The Labute approximate surface area is 276 Å². The van der Waals surface area contributed by atoms with Crippen molar-refractivity contribution < 1.29 is 0 Å². The van der Waals surface area contributed by atoms with Gasteiger partial charge in [-0.05, 0) is 29.7 Å². The summed E-state index contributed by atoms with van der Waals surface area (Å²) in [6.07, 6.45) is 0. The predicted octanol–water partition coefficient (Wildman–Crippen LogP) is 10.6. The molecule has 5 heteroatoms. The van der Waals surface area contributed by atoms with Crippen molar-refractivity contribution in [3.8, 4) is 34.3 Å². The van der Waals surface area contributed by atoms with Crippen LogP contribution in [0.2, 0.25) is 0 Å². The predicted molar refractivity (Wildman–Crippen MR) is 197 cm³/mol. The van der Waals surface area contributed by atoms with Gasteiger partial charge in [-0.25, -0.2) is 15.0 Å². The van der Waals surface area contributed by atoms with Gasteiger partial charge in [0.2, 0.25) is 5.95 Å². The maximum atomic E-state index is 5.55. The van der Waals surface area contributed by atoms with Crippen molar-refractivity contribution >= 4 is 54.5 Å². The SMILES string of the molecule is c1ccc(-c2nc(-n3c4ccccc4c4c5ccccc5c5c(nc(-c6ccccc6)n5-c5ccccc5)c43)nc3ccccc23)cc1. The van der Waals surface area contributed by atoms with Crippen LogP contribution in [0.5, 0.6) is 0 Å². The Morgan fingerprint density at radius 1 is 0.396 bits per heavy atom. The van der Waals surface area contributed by atoms with Gasteiger partial charge in [-0.2, -0.15) is 0 Å². The molecule has 0 aliphatic rings. The second-order valence-corrected chi connectivity index (χ2v) is 12.0. The molecule has 0 amide bonds. The Kier molecular flexibility index (Phi) is 5.81. The minimum atomic E-state index is 0.617. The molecule has 3 heterocycles. The highest BCUT2D eigenvalue weighted by Gasteiger charge is 2.26. The first-order chi connectivity index (χ1) is 23.8. The van der Waals surface area contributed by atoms with Crippen molar-refractivity contribution in [2.45, 2.75) is 0 Å². The molecule has 0 bridgehead atoms. The van der Waals surface area contributed by atoms with Crippen LogP contribution in [0.25, 0.3) is 88.8 Å². The summed E-state index contributed by atoms with van der Waals surface area (Å²) < 4.78 is 4.54. The Hall–Kier alpha value is -6.59. The number of benzene rings is 7. The van der Waals surface area contributed by atoms with Gasteiger partial charge in [0.15, 0.2) is 0 Å². The van der Waals surface area contributed by atoms with Crippen molar-refractivity contribution in [1.29, 1.82) is 0 Å². The van der Waals surface area contributed by atoms with E-state index >= 15 is 0 Å². The van der Waals surface area contributed by atoms with E-state index in [1.165, 1.54) is 0 Å². The summed E-state index contributed by atoms with van der Waals surface area (Å²) in [5, 5.41) is 5.60. The van der Waals surface area contributed by atoms with E-state index in [4.69, 9.17) is 15.0 Å². The van der Waals surface area contributed by atoms with Crippen LogP contribution in [-0.4, -0.2) is 24.1 Å². The van der Waals surface area contributed by atoms with E-state index in [-0.39, 0.29) is 0 Å². The van der Waals surface area contributed by atoms with E-state index in [1.807, 2.05) is 18.2 Å². The molecule has 0 saturated heterocycles. The number of fused-ring (bicyclic) bond motifs is 9.